The molecule has 5 rings (SSSR count). The number of nitrogens with zero attached hydrogens (tertiary/aromatic N) is 3. The average Bonchev–Trinajstić information content (AvgIpc) is 2.97. The van der Waals surface area contributed by atoms with Gasteiger partial charge in [-0.15, -0.1) is 0 Å². The number of anilines is 1. The van der Waals surface area contributed by atoms with Crippen LogP contribution >= 0.6 is 0 Å². The molecule has 204 valence electrons. The van der Waals surface area contributed by atoms with Crippen molar-refractivity contribution >= 4 is 17.5 Å². The number of nitrogens with one attached hydrogen (secondary N) is 1. The van der Waals surface area contributed by atoms with Crippen LogP contribution in [0.15, 0.2) is 91.4 Å². The van der Waals surface area contributed by atoms with Crippen LogP contribution in [0.1, 0.15) is 45.8 Å². The number of rotatable bonds is 6. The highest BCUT2D eigenvalue weighted by Crippen LogP contribution is 2.34. The highest BCUT2D eigenvalue weighted by molar-refractivity contribution is 6.00. The lowest BCUT2D eigenvalue weighted by Gasteiger charge is -2.32. The Labute approximate surface area is 229 Å². The number of halogens is 3. The van der Waals surface area contributed by atoms with Gasteiger partial charge in [0.25, 0.3) is 5.91 Å². The zero-order chi connectivity index (χ0) is 28.1. The molecule has 0 spiro atoms. The average molecular weight is 545 g/mol. The first-order chi connectivity index (χ1) is 19.3. The fourth-order valence-corrected chi connectivity index (χ4v) is 4.97. The third kappa shape index (κ3) is 6.36. The predicted octanol–water partition coefficient (Wildman–Crippen LogP) is 6.36. The number of pyridine rings is 2. The van der Waals surface area contributed by atoms with Crippen molar-refractivity contribution in [2.75, 3.05) is 18.4 Å². The fraction of sp³-hybridized carbons (Fsp3) is 0.226. The third-order valence-corrected chi connectivity index (χ3v) is 7.04. The molecule has 3 heterocycles. The van der Waals surface area contributed by atoms with E-state index < -0.39 is 11.7 Å². The molecular weight excluding hydrogens is 517 g/mol. The van der Waals surface area contributed by atoms with Gasteiger partial charge in [0.05, 0.1) is 23.2 Å². The molecule has 2 aromatic heterocycles. The molecule has 1 fully saturated rings. The Morgan fingerprint density at radius 1 is 0.925 bits per heavy atom. The normalized spacial score (nSPS) is 14.1. The van der Waals surface area contributed by atoms with Crippen LogP contribution in [0.3, 0.4) is 0 Å². The number of amides is 2. The number of carbonyl (C=O) groups excluding carboxylic acids is 2. The molecule has 9 heteroatoms. The molecule has 2 amide bonds. The van der Waals surface area contributed by atoms with Crippen LogP contribution in [0.5, 0.6) is 0 Å². The number of hydrogen-bond donors (Lipinski definition) is 1. The van der Waals surface area contributed by atoms with E-state index >= 15 is 0 Å². The Morgan fingerprint density at radius 2 is 1.68 bits per heavy atom. The molecule has 0 unspecified atom stereocenters. The highest BCUT2D eigenvalue weighted by atomic mass is 19.4. The van der Waals surface area contributed by atoms with Crippen molar-refractivity contribution in [3.8, 4) is 11.3 Å². The standard InChI is InChI=1S/C31H27F3N4O2/c32-31(33,34)25-6-1-5-24(19-25)29-27(7-3-15-36-29)30(40)38-16-12-23(13-17-38)22-8-10-26(11-9-22)37-28(39)18-21-4-2-14-35-20-21/h1-11,14-15,19-20,23H,12-13,16-18H2,(H,37,39). The van der Waals surface area contributed by atoms with Gasteiger partial charge < -0.3 is 10.2 Å². The van der Waals surface area contributed by atoms with E-state index in [9.17, 15) is 22.8 Å². The van der Waals surface area contributed by atoms with Gasteiger partial charge in [-0.3, -0.25) is 19.6 Å². The number of aromatic nitrogens is 2. The number of piperidine rings is 1. The first kappa shape index (κ1) is 27.1. The van der Waals surface area contributed by atoms with E-state index in [4.69, 9.17) is 0 Å². The molecule has 1 saturated heterocycles. The molecule has 0 atom stereocenters. The zero-order valence-electron chi connectivity index (χ0n) is 21.6. The van der Waals surface area contributed by atoms with Crippen molar-refractivity contribution in [1.82, 2.24) is 14.9 Å². The minimum Gasteiger partial charge on any atom is -0.339 e. The Balaban J connectivity index is 1.21. The summed E-state index contributed by atoms with van der Waals surface area (Å²) in [5, 5.41) is 2.90. The van der Waals surface area contributed by atoms with Gasteiger partial charge in [-0.2, -0.15) is 13.2 Å². The number of carbonyl (C=O) groups is 2. The molecule has 0 saturated carbocycles. The number of alkyl halides is 3. The summed E-state index contributed by atoms with van der Waals surface area (Å²) in [5.74, 6) is -0.112. The lowest BCUT2D eigenvalue weighted by molar-refractivity contribution is -0.137. The molecule has 1 aliphatic rings. The second-order valence-corrected chi connectivity index (χ2v) is 9.75. The Kier molecular flexibility index (Phi) is 7.91. The topological polar surface area (TPSA) is 75.2 Å². The van der Waals surface area contributed by atoms with Crippen molar-refractivity contribution in [2.45, 2.75) is 31.4 Å². The maximum Gasteiger partial charge on any atom is 0.416 e. The minimum atomic E-state index is -4.49. The van der Waals surface area contributed by atoms with Gasteiger partial charge in [-0.05, 0) is 72.4 Å². The van der Waals surface area contributed by atoms with Gasteiger partial charge in [0.1, 0.15) is 0 Å². The van der Waals surface area contributed by atoms with E-state index in [0.29, 0.717) is 18.8 Å². The summed E-state index contributed by atoms with van der Waals surface area (Å²) in [4.78, 5) is 35.8. The molecule has 40 heavy (non-hydrogen) atoms. The van der Waals surface area contributed by atoms with Crippen molar-refractivity contribution in [2.24, 2.45) is 0 Å². The smallest absolute Gasteiger partial charge is 0.339 e. The van der Waals surface area contributed by atoms with Gasteiger partial charge >= 0.3 is 6.18 Å². The predicted molar refractivity (Wildman–Crippen MR) is 146 cm³/mol. The van der Waals surface area contributed by atoms with Gasteiger partial charge in [0.2, 0.25) is 5.91 Å². The summed E-state index contributed by atoms with van der Waals surface area (Å²) in [6.07, 6.45) is 2.06. The molecule has 6 nitrogen and oxygen atoms in total. The largest absolute Gasteiger partial charge is 0.416 e. The van der Waals surface area contributed by atoms with E-state index in [-0.39, 0.29) is 41.0 Å². The molecule has 4 aromatic rings. The zero-order valence-corrected chi connectivity index (χ0v) is 21.6. The summed E-state index contributed by atoms with van der Waals surface area (Å²) in [7, 11) is 0. The molecule has 2 aromatic carbocycles. The Bertz CT molecular complexity index is 1480. The van der Waals surface area contributed by atoms with Crippen LogP contribution in [-0.2, 0) is 17.4 Å². The van der Waals surface area contributed by atoms with Crippen molar-refractivity contribution in [1.29, 1.82) is 0 Å². The monoisotopic (exact) mass is 544 g/mol. The quantitative estimate of drug-likeness (QED) is 0.306. The Morgan fingerprint density at radius 3 is 2.38 bits per heavy atom. The fourth-order valence-electron chi connectivity index (χ4n) is 4.97. The van der Waals surface area contributed by atoms with Crippen LogP contribution in [0.2, 0.25) is 0 Å². The van der Waals surface area contributed by atoms with E-state index in [1.165, 1.54) is 18.3 Å². The molecule has 1 N–H and O–H groups in total. The number of benzene rings is 2. The summed E-state index contributed by atoms with van der Waals surface area (Å²) in [6.45, 7) is 1.04. The van der Waals surface area contributed by atoms with Gasteiger partial charge in [0.15, 0.2) is 0 Å². The second-order valence-electron chi connectivity index (χ2n) is 9.75. The van der Waals surface area contributed by atoms with Crippen LogP contribution in [-0.4, -0.2) is 39.8 Å². The summed E-state index contributed by atoms with van der Waals surface area (Å²) in [6, 6.07) is 19.5. The maximum absolute atomic E-state index is 13.4. The minimum absolute atomic E-state index is 0.118. The first-order valence-electron chi connectivity index (χ1n) is 13.0. The first-order valence-corrected chi connectivity index (χ1v) is 13.0. The maximum atomic E-state index is 13.4. The highest BCUT2D eigenvalue weighted by Gasteiger charge is 2.31. The van der Waals surface area contributed by atoms with Crippen molar-refractivity contribution in [3.63, 3.8) is 0 Å². The summed E-state index contributed by atoms with van der Waals surface area (Å²) >= 11 is 0. The van der Waals surface area contributed by atoms with Crippen molar-refractivity contribution in [3.05, 3.63) is 114 Å². The molecule has 0 aliphatic carbocycles. The van der Waals surface area contributed by atoms with E-state index in [1.54, 1.807) is 35.5 Å². The number of likely N-dealkylation sites (tertiary alicyclic amines) is 1. The SMILES string of the molecule is O=C(Cc1cccnc1)Nc1ccc(C2CCN(C(=O)c3cccnc3-c3cccc(C(F)(F)F)c3)CC2)cc1. The molecule has 0 radical (unpaired) electrons. The molecular formula is C31H27F3N4O2. The van der Waals surface area contributed by atoms with Crippen LogP contribution in [0.25, 0.3) is 11.3 Å². The van der Waals surface area contributed by atoms with E-state index in [2.05, 4.69) is 15.3 Å². The second kappa shape index (κ2) is 11.7. The van der Waals surface area contributed by atoms with Gasteiger partial charge in [-0.25, -0.2) is 0 Å². The summed E-state index contributed by atoms with van der Waals surface area (Å²) in [5.41, 5.74) is 2.67. The van der Waals surface area contributed by atoms with Gasteiger partial charge in [0, 0.05) is 42.9 Å². The van der Waals surface area contributed by atoms with Crippen LogP contribution < -0.4 is 5.32 Å². The molecule has 1 aliphatic heterocycles. The summed E-state index contributed by atoms with van der Waals surface area (Å²) < 4.78 is 39.8. The van der Waals surface area contributed by atoms with Gasteiger partial charge in [-0.1, -0.05) is 30.3 Å². The van der Waals surface area contributed by atoms with E-state index in [0.717, 1.165) is 36.1 Å². The third-order valence-electron chi connectivity index (χ3n) is 7.04. The number of hydrogen-bond acceptors (Lipinski definition) is 4. The lowest BCUT2D eigenvalue weighted by Crippen LogP contribution is -2.38. The van der Waals surface area contributed by atoms with Crippen LogP contribution in [0, 0.1) is 0 Å². The molecule has 0 bridgehead atoms. The lowest BCUT2D eigenvalue weighted by atomic mass is 9.89. The van der Waals surface area contributed by atoms with Crippen molar-refractivity contribution < 1.29 is 22.8 Å². The Hall–Kier alpha value is -4.53. The van der Waals surface area contributed by atoms with E-state index in [1.807, 2.05) is 30.3 Å². The van der Waals surface area contributed by atoms with Crippen LogP contribution in [0.4, 0.5) is 18.9 Å².